The minimum atomic E-state index is 1.08. The topological polar surface area (TPSA) is 12.0 Å². The first-order valence-electron chi connectivity index (χ1n) is 5.94. The van der Waals surface area contributed by atoms with Crippen molar-refractivity contribution in [3.63, 3.8) is 0 Å². The summed E-state index contributed by atoms with van der Waals surface area (Å²) in [5, 5.41) is 3.48. The molecule has 2 aromatic carbocycles. The molecule has 17 heavy (non-hydrogen) atoms. The smallest absolute Gasteiger partial charge is 0.0460 e. The van der Waals surface area contributed by atoms with Gasteiger partial charge >= 0.3 is 0 Å². The molecule has 0 atom stereocenters. The lowest BCUT2D eigenvalue weighted by molar-refractivity contribution is 1.20. The monoisotopic (exact) mass is 221 g/mol. The summed E-state index contributed by atoms with van der Waals surface area (Å²) in [7, 11) is 0. The fourth-order valence-corrected chi connectivity index (χ4v) is 2.32. The molecular formula is C16H15N. The molecule has 1 nitrogen and oxygen atoms in total. The first-order chi connectivity index (χ1) is 8.33. The number of hydrogen-bond acceptors (Lipinski definition) is 1. The molecular weight excluding hydrogens is 206 g/mol. The third-order valence-corrected chi connectivity index (χ3v) is 3.11. The lowest BCUT2D eigenvalue weighted by atomic mass is 10.1. The van der Waals surface area contributed by atoms with Crippen molar-refractivity contribution < 1.29 is 0 Å². The summed E-state index contributed by atoms with van der Waals surface area (Å²) in [5.74, 6) is 0. The maximum Gasteiger partial charge on any atom is 0.0460 e. The maximum atomic E-state index is 3.48. The molecule has 0 fully saturated rings. The number of allylic oxidation sites excluding steroid dienone is 1. The van der Waals surface area contributed by atoms with E-state index < -0.39 is 0 Å². The molecule has 0 radical (unpaired) electrons. The summed E-state index contributed by atoms with van der Waals surface area (Å²) in [6, 6.07) is 16.8. The molecule has 1 aliphatic rings. The SMILES string of the molecule is CC1=Cc2c(cccc2Nc2ccccc2)C1. The van der Waals surface area contributed by atoms with Crippen LogP contribution >= 0.6 is 0 Å². The van der Waals surface area contributed by atoms with E-state index in [2.05, 4.69) is 48.6 Å². The van der Waals surface area contributed by atoms with Crippen molar-refractivity contribution in [2.45, 2.75) is 13.3 Å². The molecule has 0 bridgehead atoms. The van der Waals surface area contributed by atoms with Crippen LogP contribution in [0.5, 0.6) is 0 Å². The minimum Gasteiger partial charge on any atom is -0.355 e. The van der Waals surface area contributed by atoms with Gasteiger partial charge in [0.15, 0.2) is 0 Å². The largest absolute Gasteiger partial charge is 0.355 e. The summed E-state index contributed by atoms with van der Waals surface area (Å²) < 4.78 is 0. The Morgan fingerprint density at radius 3 is 2.59 bits per heavy atom. The Hall–Kier alpha value is -2.02. The van der Waals surface area contributed by atoms with Crippen LogP contribution in [-0.2, 0) is 6.42 Å². The second kappa shape index (κ2) is 4.10. The van der Waals surface area contributed by atoms with Crippen LogP contribution in [0.4, 0.5) is 11.4 Å². The molecule has 0 aliphatic heterocycles. The van der Waals surface area contributed by atoms with Crippen LogP contribution in [0, 0.1) is 0 Å². The predicted octanol–water partition coefficient (Wildman–Crippen LogP) is 4.39. The summed E-state index contributed by atoms with van der Waals surface area (Å²) in [5.41, 5.74) is 6.53. The Morgan fingerprint density at radius 1 is 0.941 bits per heavy atom. The molecule has 84 valence electrons. The van der Waals surface area contributed by atoms with Crippen molar-refractivity contribution in [2.24, 2.45) is 0 Å². The van der Waals surface area contributed by atoms with Gasteiger partial charge in [-0.25, -0.2) is 0 Å². The van der Waals surface area contributed by atoms with E-state index in [0.717, 1.165) is 12.1 Å². The Kier molecular flexibility index (Phi) is 2.45. The Labute approximate surface area is 102 Å². The molecule has 0 heterocycles. The summed E-state index contributed by atoms with van der Waals surface area (Å²) in [4.78, 5) is 0. The van der Waals surface area contributed by atoms with Gasteiger partial charge in [0, 0.05) is 16.9 Å². The molecule has 0 aromatic heterocycles. The third kappa shape index (κ3) is 1.96. The fourth-order valence-electron chi connectivity index (χ4n) is 2.32. The molecule has 3 rings (SSSR count). The van der Waals surface area contributed by atoms with Crippen LogP contribution in [-0.4, -0.2) is 0 Å². The zero-order chi connectivity index (χ0) is 11.7. The van der Waals surface area contributed by atoms with Crippen molar-refractivity contribution in [3.8, 4) is 0 Å². The maximum absolute atomic E-state index is 3.48. The van der Waals surface area contributed by atoms with Gasteiger partial charge in [-0.15, -0.1) is 0 Å². The number of benzene rings is 2. The van der Waals surface area contributed by atoms with Crippen LogP contribution in [0.3, 0.4) is 0 Å². The molecule has 2 aromatic rings. The van der Waals surface area contributed by atoms with Gasteiger partial charge < -0.3 is 5.32 Å². The van der Waals surface area contributed by atoms with Gasteiger partial charge in [0.2, 0.25) is 0 Å². The summed E-state index contributed by atoms with van der Waals surface area (Å²) in [6.07, 6.45) is 3.36. The van der Waals surface area contributed by atoms with E-state index in [0.29, 0.717) is 0 Å². The number of para-hydroxylation sites is 1. The number of hydrogen-bond donors (Lipinski definition) is 1. The fraction of sp³-hybridized carbons (Fsp3) is 0.125. The van der Waals surface area contributed by atoms with Gasteiger partial charge in [-0.05, 0) is 37.1 Å². The standard InChI is InChI=1S/C16H15N/c1-12-10-13-6-5-9-16(15(13)11-12)17-14-7-3-2-4-8-14/h2-9,11,17H,10H2,1H3. The number of nitrogens with one attached hydrogen (secondary N) is 1. The van der Waals surface area contributed by atoms with E-state index in [9.17, 15) is 0 Å². The Balaban J connectivity index is 1.98. The molecule has 1 aliphatic carbocycles. The molecule has 0 spiro atoms. The van der Waals surface area contributed by atoms with Crippen LogP contribution in [0.15, 0.2) is 54.1 Å². The Bertz CT molecular complexity index is 567. The van der Waals surface area contributed by atoms with Crippen molar-refractivity contribution in [2.75, 3.05) is 5.32 Å². The molecule has 0 saturated heterocycles. The van der Waals surface area contributed by atoms with Gasteiger partial charge in [0.25, 0.3) is 0 Å². The molecule has 0 amide bonds. The van der Waals surface area contributed by atoms with E-state index in [4.69, 9.17) is 0 Å². The average Bonchev–Trinajstić information content (AvgIpc) is 2.72. The van der Waals surface area contributed by atoms with Crippen LogP contribution in [0.1, 0.15) is 18.1 Å². The van der Waals surface area contributed by atoms with Crippen molar-refractivity contribution in [3.05, 3.63) is 65.2 Å². The first-order valence-corrected chi connectivity index (χ1v) is 5.94. The molecule has 0 unspecified atom stereocenters. The highest BCUT2D eigenvalue weighted by atomic mass is 14.9. The van der Waals surface area contributed by atoms with Crippen LogP contribution in [0.25, 0.3) is 6.08 Å². The van der Waals surface area contributed by atoms with E-state index in [-0.39, 0.29) is 0 Å². The second-order valence-electron chi connectivity index (χ2n) is 4.54. The Morgan fingerprint density at radius 2 is 1.76 bits per heavy atom. The lowest BCUT2D eigenvalue weighted by Gasteiger charge is -2.10. The lowest BCUT2D eigenvalue weighted by Crippen LogP contribution is -1.93. The number of rotatable bonds is 2. The zero-order valence-electron chi connectivity index (χ0n) is 9.90. The van der Waals surface area contributed by atoms with Gasteiger partial charge in [0.05, 0.1) is 0 Å². The van der Waals surface area contributed by atoms with Gasteiger partial charge in [-0.3, -0.25) is 0 Å². The van der Waals surface area contributed by atoms with Gasteiger partial charge in [-0.2, -0.15) is 0 Å². The van der Waals surface area contributed by atoms with E-state index in [1.807, 2.05) is 18.2 Å². The van der Waals surface area contributed by atoms with E-state index >= 15 is 0 Å². The number of fused-ring (bicyclic) bond motifs is 1. The minimum absolute atomic E-state index is 1.08. The summed E-state index contributed by atoms with van der Waals surface area (Å²) >= 11 is 0. The highest BCUT2D eigenvalue weighted by Gasteiger charge is 2.12. The second-order valence-corrected chi connectivity index (χ2v) is 4.54. The zero-order valence-corrected chi connectivity index (χ0v) is 9.90. The van der Waals surface area contributed by atoms with Crippen LogP contribution in [0.2, 0.25) is 0 Å². The predicted molar refractivity (Wildman–Crippen MR) is 73.5 cm³/mol. The van der Waals surface area contributed by atoms with Gasteiger partial charge in [0.1, 0.15) is 0 Å². The first kappa shape index (κ1) is 10.2. The van der Waals surface area contributed by atoms with Crippen molar-refractivity contribution in [1.29, 1.82) is 0 Å². The van der Waals surface area contributed by atoms with Crippen LogP contribution < -0.4 is 5.32 Å². The van der Waals surface area contributed by atoms with E-state index in [1.54, 1.807) is 0 Å². The van der Waals surface area contributed by atoms with Crippen molar-refractivity contribution >= 4 is 17.5 Å². The normalized spacial score (nSPS) is 13.1. The van der Waals surface area contributed by atoms with Gasteiger partial charge in [-0.1, -0.05) is 42.0 Å². The quantitative estimate of drug-likeness (QED) is 0.793. The molecule has 1 heteroatoms. The highest BCUT2D eigenvalue weighted by molar-refractivity contribution is 5.78. The highest BCUT2D eigenvalue weighted by Crippen LogP contribution is 2.32. The molecule has 0 saturated carbocycles. The summed E-state index contributed by atoms with van der Waals surface area (Å²) in [6.45, 7) is 2.19. The third-order valence-electron chi connectivity index (χ3n) is 3.11. The molecule has 1 N–H and O–H groups in total. The van der Waals surface area contributed by atoms with E-state index in [1.165, 1.54) is 22.4 Å². The van der Waals surface area contributed by atoms with Crippen molar-refractivity contribution in [1.82, 2.24) is 0 Å². The average molecular weight is 221 g/mol. The number of anilines is 2.